The van der Waals surface area contributed by atoms with E-state index >= 15 is 0 Å². The van der Waals surface area contributed by atoms with E-state index in [1.54, 1.807) is 12.3 Å². The number of nitrogens with two attached hydrogens (primary N) is 1. The van der Waals surface area contributed by atoms with Crippen LogP contribution < -0.4 is 11.1 Å². The molecule has 8 nitrogen and oxygen atoms in total. The Morgan fingerprint density at radius 1 is 1.32 bits per heavy atom. The van der Waals surface area contributed by atoms with E-state index in [9.17, 15) is 14.9 Å². The molecule has 0 unspecified atom stereocenters. The fraction of sp³-hybridized carbons (Fsp3) is 0.353. The molecular weight excluding hydrogens is 322 g/mol. The number of carbonyl (C=O) groups excluding carboxylic acids is 1. The second-order valence-corrected chi connectivity index (χ2v) is 5.66. The Morgan fingerprint density at radius 3 is 2.64 bits per heavy atom. The zero-order valence-electron chi connectivity index (χ0n) is 13.8. The summed E-state index contributed by atoms with van der Waals surface area (Å²) in [6, 6.07) is 7.79. The molecule has 0 spiro atoms. The zero-order valence-corrected chi connectivity index (χ0v) is 13.8. The lowest BCUT2D eigenvalue weighted by Crippen LogP contribution is -2.45. The van der Waals surface area contributed by atoms with E-state index in [2.05, 4.69) is 10.2 Å². The summed E-state index contributed by atoms with van der Waals surface area (Å²) >= 11 is 0. The monoisotopic (exact) mass is 343 g/mol. The van der Waals surface area contributed by atoms with Crippen molar-refractivity contribution in [2.75, 3.05) is 44.6 Å². The third-order valence-corrected chi connectivity index (χ3v) is 3.90. The predicted molar refractivity (Wildman–Crippen MR) is 92.8 cm³/mol. The van der Waals surface area contributed by atoms with Crippen LogP contribution in [0.15, 0.2) is 36.0 Å². The minimum atomic E-state index is -1.08. The van der Waals surface area contributed by atoms with Gasteiger partial charge in [-0.2, -0.15) is 5.26 Å². The molecule has 1 aliphatic heterocycles. The van der Waals surface area contributed by atoms with Gasteiger partial charge in [0.1, 0.15) is 11.6 Å². The maximum Gasteiger partial charge on any atom is 0.335 e. The minimum absolute atomic E-state index is 0.0204. The molecule has 1 aromatic rings. The first kappa shape index (κ1) is 18.4. The van der Waals surface area contributed by atoms with Gasteiger partial charge in [0.2, 0.25) is 0 Å². The van der Waals surface area contributed by atoms with Gasteiger partial charge in [-0.3, -0.25) is 9.69 Å². The van der Waals surface area contributed by atoms with Crippen LogP contribution >= 0.6 is 0 Å². The molecule has 2 rings (SSSR count). The molecule has 0 aromatic heterocycles. The number of carbonyl (C=O) groups is 2. The summed E-state index contributed by atoms with van der Waals surface area (Å²) in [5, 5.41) is 20.8. The molecule has 1 amide bonds. The highest BCUT2D eigenvalue weighted by atomic mass is 16.4. The fourth-order valence-corrected chi connectivity index (χ4v) is 2.55. The molecule has 0 bridgehead atoms. The molecule has 132 valence electrons. The molecule has 1 heterocycles. The Kier molecular flexibility index (Phi) is 6.51. The molecule has 1 fully saturated rings. The van der Waals surface area contributed by atoms with Crippen LogP contribution in [0, 0.1) is 11.3 Å². The number of anilines is 1. The van der Waals surface area contributed by atoms with E-state index in [-0.39, 0.29) is 11.1 Å². The first-order valence-corrected chi connectivity index (χ1v) is 7.96. The van der Waals surface area contributed by atoms with E-state index in [0.29, 0.717) is 25.3 Å². The van der Waals surface area contributed by atoms with Crippen LogP contribution in [-0.4, -0.2) is 66.1 Å². The molecule has 0 aliphatic carbocycles. The molecule has 4 N–H and O–H groups in total. The van der Waals surface area contributed by atoms with Crippen molar-refractivity contribution in [1.82, 2.24) is 9.80 Å². The maximum atomic E-state index is 12.3. The number of carboxylic acid groups (broad SMARTS) is 1. The first-order chi connectivity index (χ1) is 12.0. The van der Waals surface area contributed by atoms with Crippen molar-refractivity contribution in [2.24, 2.45) is 5.73 Å². The van der Waals surface area contributed by atoms with Crippen LogP contribution in [0.2, 0.25) is 0 Å². The Morgan fingerprint density at radius 2 is 2.04 bits per heavy atom. The SMILES string of the molecule is N#C/C(=C/N1CCN(CCN)CC1)C(=O)Nc1cccc(C(=O)O)c1. The molecule has 1 saturated heterocycles. The van der Waals surface area contributed by atoms with Crippen molar-refractivity contribution in [2.45, 2.75) is 0 Å². The van der Waals surface area contributed by atoms with E-state index in [1.165, 1.54) is 18.2 Å². The number of amides is 1. The van der Waals surface area contributed by atoms with Gasteiger partial charge in [-0.05, 0) is 18.2 Å². The lowest BCUT2D eigenvalue weighted by Gasteiger charge is -2.33. The molecular formula is C17H21N5O3. The first-order valence-electron chi connectivity index (χ1n) is 7.96. The number of hydrogen-bond donors (Lipinski definition) is 3. The van der Waals surface area contributed by atoms with Gasteiger partial charge >= 0.3 is 5.97 Å². The largest absolute Gasteiger partial charge is 0.478 e. The van der Waals surface area contributed by atoms with Crippen molar-refractivity contribution >= 4 is 17.6 Å². The molecule has 0 atom stereocenters. The number of piperazine rings is 1. The Bertz CT molecular complexity index is 702. The highest BCUT2D eigenvalue weighted by Crippen LogP contribution is 2.12. The highest BCUT2D eigenvalue weighted by molar-refractivity contribution is 6.06. The van der Waals surface area contributed by atoms with Crippen molar-refractivity contribution < 1.29 is 14.7 Å². The number of aromatic carboxylic acids is 1. The number of hydrogen-bond acceptors (Lipinski definition) is 6. The second-order valence-electron chi connectivity index (χ2n) is 5.66. The van der Waals surface area contributed by atoms with Crippen LogP contribution in [0.25, 0.3) is 0 Å². The second kappa shape index (κ2) is 8.82. The van der Waals surface area contributed by atoms with E-state index < -0.39 is 11.9 Å². The average molecular weight is 343 g/mol. The number of rotatable bonds is 6. The summed E-state index contributed by atoms with van der Waals surface area (Å²) in [7, 11) is 0. The van der Waals surface area contributed by atoms with Gasteiger partial charge in [-0.15, -0.1) is 0 Å². The molecule has 1 aromatic carbocycles. The van der Waals surface area contributed by atoms with Gasteiger partial charge < -0.3 is 21.1 Å². The van der Waals surface area contributed by atoms with Crippen LogP contribution in [0.1, 0.15) is 10.4 Å². The van der Waals surface area contributed by atoms with Crippen LogP contribution in [0.3, 0.4) is 0 Å². The summed E-state index contributed by atoms with van der Waals surface area (Å²) in [5.74, 6) is -1.64. The lowest BCUT2D eigenvalue weighted by atomic mass is 10.2. The third-order valence-electron chi connectivity index (χ3n) is 3.90. The maximum absolute atomic E-state index is 12.3. The van der Waals surface area contributed by atoms with Crippen LogP contribution in [-0.2, 0) is 4.79 Å². The molecule has 0 radical (unpaired) electrons. The molecule has 25 heavy (non-hydrogen) atoms. The smallest absolute Gasteiger partial charge is 0.335 e. The molecule has 8 heteroatoms. The number of nitrogens with zero attached hydrogens (tertiary/aromatic N) is 3. The summed E-state index contributed by atoms with van der Waals surface area (Å²) in [5.41, 5.74) is 5.92. The fourth-order valence-electron chi connectivity index (χ4n) is 2.55. The van der Waals surface area contributed by atoms with E-state index in [0.717, 1.165) is 19.6 Å². The Labute approximate surface area is 146 Å². The van der Waals surface area contributed by atoms with Crippen molar-refractivity contribution in [3.8, 4) is 6.07 Å². The molecule has 1 aliphatic rings. The average Bonchev–Trinajstić information content (AvgIpc) is 2.61. The van der Waals surface area contributed by atoms with Crippen LogP contribution in [0.5, 0.6) is 0 Å². The normalized spacial score (nSPS) is 15.5. The Hall–Kier alpha value is -2.89. The van der Waals surface area contributed by atoms with Crippen molar-refractivity contribution in [3.05, 3.63) is 41.6 Å². The molecule has 0 saturated carbocycles. The van der Waals surface area contributed by atoms with Crippen molar-refractivity contribution in [1.29, 1.82) is 5.26 Å². The van der Waals surface area contributed by atoms with E-state index in [4.69, 9.17) is 10.8 Å². The highest BCUT2D eigenvalue weighted by Gasteiger charge is 2.17. The topological polar surface area (TPSA) is 123 Å². The number of carboxylic acids is 1. The summed E-state index contributed by atoms with van der Waals surface area (Å²) in [6.07, 6.45) is 1.55. The lowest BCUT2D eigenvalue weighted by molar-refractivity contribution is -0.112. The Balaban J connectivity index is 2.00. The van der Waals surface area contributed by atoms with Gasteiger partial charge in [0, 0.05) is 51.2 Å². The number of nitriles is 1. The van der Waals surface area contributed by atoms with Crippen molar-refractivity contribution in [3.63, 3.8) is 0 Å². The predicted octanol–water partition coefficient (Wildman–Crippen LogP) is 0.307. The summed E-state index contributed by atoms with van der Waals surface area (Å²) in [4.78, 5) is 27.4. The zero-order chi connectivity index (χ0) is 18.2. The third kappa shape index (κ3) is 5.31. The summed E-state index contributed by atoms with van der Waals surface area (Å²) in [6.45, 7) is 4.53. The number of benzene rings is 1. The van der Waals surface area contributed by atoms with Gasteiger partial charge in [0.05, 0.1) is 5.56 Å². The van der Waals surface area contributed by atoms with Crippen LogP contribution in [0.4, 0.5) is 5.69 Å². The van der Waals surface area contributed by atoms with Gasteiger partial charge in [0.25, 0.3) is 5.91 Å². The standard InChI is InChI=1S/C17H21N5O3/c18-4-5-21-6-8-22(9-7-21)12-14(11-19)16(23)20-15-3-1-2-13(10-15)17(24)25/h1-3,10,12H,4-9,18H2,(H,20,23)(H,24,25)/b14-12-. The van der Waals surface area contributed by atoms with E-state index in [1.807, 2.05) is 11.0 Å². The number of nitrogens with one attached hydrogen (secondary N) is 1. The van der Waals surface area contributed by atoms with Gasteiger partial charge in [0.15, 0.2) is 0 Å². The van der Waals surface area contributed by atoms with Gasteiger partial charge in [-0.25, -0.2) is 4.79 Å². The minimum Gasteiger partial charge on any atom is -0.478 e. The van der Waals surface area contributed by atoms with Gasteiger partial charge in [-0.1, -0.05) is 6.07 Å². The quantitative estimate of drug-likeness (QED) is 0.502. The summed E-state index contributed by atoms with van der Waals surface area (Å²) < 4.78 is 0.